The second kappa shape index (κ2) is 10.7. The number of ether oxygens (including phenoxy) is 1. The summed E-state index contributed by atoms with van der Waals surface area (Å²) >= 11 is 5.72. The molecule has 0 aliphatic rings. The van der Waals surface area contributed by atoms with Crippen molar-refractivity contribution in [1.82, 2.24) is 9.88 Å². The van der Waals surface area contributed by atoms with E-state index in [1.54, 1.807) is 41.3 Å². The SMILES string of the molecule is COC(=O)c1ccccc1NC(=S)N(Cc1ccc(F)cc1)Cc1cc2cc(C)c(C)cc2[nH]c1=O. The molecule has 0 aliphatic carbocycles. The van der Waals surface area contributed by atoms with Gasteiger partial charge in [0.1, 0.15) is 5.82 Å². The average molecular weight is 504 g/mol. The summed E-state index contributed by atoms with van der Waals surface area (Å²) in [5.41, 5.74) is 4.93. The van der Waals surface area contributed by atoms with Gasteiger partial charge in [0.25, 0.3) is 5.56 Å². The van der Waals surface area contributed by atoms with Gasteiger partial charge in [0.05, 0.1) is 24.9 Å². The summed E-state index contributed by atoms with van der Waals surface area (Å²) in [5.74, 6) is -0.836. The van der Waals surface area contributed by atoms with Crippen molar-refractivity contribution in [3.63, 3.8) is 0 Å². The third kappa shape index (κ3) is 5.60. The number of thiocarbonyl (C=S) groups is 1. The van der Waals surface area contributed by atoms with Gasteiger partial charge in [-0.2, -0.15) is 0 Å². The fourth-order valence-corrected chi connectivity index (χ4v) is 4.17. The van der Waals surface area contributed by atoms with Gasteiger partial charge in [-0.25, -0.2) is 9.18 Å². The predicted octanol–water partition coefficient (Wildman–Crippen LogP) is 5.47. The van der Waals surface area contributed by atoms with Crippen LogP contribution in [0.25, 0.3) is 10.9 Å². The third-order valence-corrected chi connectivity index (χ3v) is 6.40. The number of H-pyrrole nitrogens is 1. The summed E-state index contributed by atoms with van der Waals surface area (Å²) in [6.07, 6.45) is 0. The molecule has 0 saturated carbocycles. The first-order valence-electron chi connectivity index (χ1n) is 11.4. The summed E-state index contributed by atoms with van der Waals surface area (Å²) < 4.78 is 18.4. The fraction of sp³-hybridized carbons (Fsp3) is 0.179. The Hall–Kier alpha value is -4.04. The van der Waals surface area contributed by atoms with E-state index in [4.69, 9.17) is 17.0 Å². The lowest BCUT2D eigenvalue weighted by Gasteiger charge is -2.26. The third-order valence-electron chi connectivity index (χ3n) is 6.04. The van der Waals surface area contributed by atoms with Gasteiger partial charge >= 0.3 is 5.97 Å². The van der Waals surface area contributed by atoms with Crippen LogP contribution >= 0.6 is 12.2 Å². The van der Waals surface area contributed by atoms with Gasteiger partial charge in [0.2, 0.25) is 0 Å². The number of nitrogens with one attached hydrogen (secondary N) is 2. The molecule has 184 valence electrons. The van der Waals surface area contributed by atoms with E-state index in [1.807, 2.05) is 32.0 Å². The van der Waals surface area contributed by atoms with Crippen molar-refractivity contribution in [3.05, 3.63) is 111 Å². The number of methoxy groups -OCH3 is 1. The van der Waals surface area contributed by atoms with Crippen molar-refractivity contribution >= 4 is 39.9 Å². The molecule has 0 aliphatic heterocycles. The molecule has 8 heteroatoms. The van der Waals surface area contributed by atoms with Gasteiger partial charge in [0.15, 0.2) is 5.11 Å². The maximum absolute atomic E-state index is 13.5. The Morgan fingerprint density at radius 2 is 1.72 bits per heavy atom. The molecule has 6 nitrogen and oxygen atoms in total. The van der Waals surface area contributed by atoms with Crippen LogP contribution in [0.3, 0.4) is 0 Å². The van der Waals surface area contributed by atoms with Crippen molar-refractivity contribution in [3.8, 4) is 0 Å². The fourth-order valence-electron chi connectivity index (χ4n) is 3.93. The van der Waals surface area contributed by atoms with Crippen LogP contribution in [0.2, 0.25) is 0 Å². The first-order valence-corrected chi connectivity index (χ1v) is 11.8. The standard InChI is InChI=1S/C28H26FN3O3S/c1-17-12-20-14-21(26(33)30-25(20)13-18(17)2)16-32(15-19-8-10-22(29)11-9-19)28(36)31-24-7-5-4-6-23(24)27(34)35-3/h4-14H,15-16H2,1-3H3,(H,30,33)(H,31,36). The number of fused-ring (bicyclic) bond motifs is 1. The lowest BCUT2D eigenvalue weighted by Crippen LogP contribution is -2.36. The Labute approximate surface area is 213 Å². The highest BCUT2D eigenvalue weighted by atomic mass is 32.1. The Kier molecular flexibility index (Phi) is 7.45. The van der Waals surface area contributed by atoms with Crippen molar-refractivity contribution in [2.24, 2.45) is 0 Å². The van der Waals surface area contributed by atoms with Crippen molar-refractivity contribution in [2.45, 2.75) is 26.9 Å². The number of aryl methyl sites for hydroxylation is 2. The Morgan fingerprint density at radius 1 is 1.03 bits per heavy atom. The molecule has 3 aromatic carbocycles. The minimum atomic E-state index is -0.498. The molecular formula is C28H26FN3O3S. The van der Waals surface area contributed by atoms with Gasteiger partial charge in [-0.15, -0.1) is 0 Å². The van der Waals surface area contributed by atoms with E-state index in [1.165, 1.54) is 19.2 Å². The Balaban J connectivity index is 1.69. The molecule has 0 radical (unpaired) electrons. The minimum absolute atomic E-state index is 0.196. The summed E-state index contributed by atoms with van der Waals surface area (Å²) in [5, 5.41) is 4.34. The lowest BCUT2D eigenvalue weighted by molar-refractivity contribution is 0.0602. The lowest BCUT2D eigenvalue weighted by atomic mass is 10.0. The van der Waals surface area contributed by atoms with E-state index < -0.39 is 5.97 Å². The molecule has 0 amide bonds. The summed E-state index contributed by atoms with van der Waals surface area (Å²) in [6.45, 7) is 4.54. The number of pyridine rings is 1. The number of aromatic nitrogens is 1. The number of para-hydroxylation sites is 1. The largest absolute Gasteiger partial charge is 0.465 e. The average Bonchev–Trinajstić information content (AvgIpc) is 2.86. The number of hydrogen-bond acceptors (Lipinski definition) is 4. The van der Waals surface area contributed by atoms with E-state index in [2.05, 4.69) is 10.3 Å². The zero-order chi connectivity index (χ0) is 25.8. The van der Waals surface area contributed by atoms with Crippen molar-refractivity contribution in [2.75, 3.05) is 12.4 Å². The Morgan fingerprint density at radius 3 is 2.44 bits per heavy atom. The highest BCUT2D eigenvalue weighted by Crippen LogP contribution is 2.21. The van der Waals surface area contributed by atoms with Crippen LogP contribution in [0.4, 0.5) is 10.1 Å². The minimum Gasteiger partial charge on any atom is -0.465 e. The van der Waals surface area contributed by atoms with Gasteiger partial charge < -0.3 is 19.9 Å². The van der Waals surface area contributed by atoms with Gasteiger partial charge in [0, 0.05) is 17.6 Å². The van der Waals surface area contributed by atoms with E-state index >= 15 is 0 Å². The highest BCUT2D eigenvalue weighted by molar-refractivity contribution is 7.80. The number of carbonyl (C=O) groups excluding carboxylic acids is 1. The number of rotatable bonds is 6. The topological polar surface area (TPSA) is 74.4 Å². The second-order valence-corrected chi connectivity index (χ2v) is 8.98. The molecule has 0 unspecified atom stereocenters. The van der Waals surface area contributed by atoms with Crippen LogP contribution in [0.1, 0.15) is 32.6 Å². The maximum atomic E-state index is 13.5. The van der Waals surface area contributed by atoms with Crippen LogP contribution in [0.5, 0.6) is 0 Å². The predicted molar refractivity (Wildman–Crippen MR) is 144 cm³/mol. The quantitative estimate of drug-likeness (QED) is 0.269. The van der Waals surface area contributed by atoms with E-state index in [9.17, 15) is 14.0 Å². The first-order chi connectivity index (χ1) is 17.2. The van der Waals surface area contributed by atoms with E-state index in [-0.39, 0.29) is 17.9 Å². The van der Waals surface area contributed by atoms with Crippen LogP contribution in [0, 0.1) is 19.7 Å². The number of halogens is 1. The maximum Gasteiger partial charge on any atom is 0.339 e. The number of nitrogens with zero attached hydrogens (tertiary/aromatic N) is 1. The normalized spacial score (nSPS) is 10.8. The van der Waals surface area contributed by atoms with Crippen molar-refractivity contribution < 1.29 is 13.9 Å². The molecule has 4 aromatic rings. The molecule has 1 heterocycles. The van der Waals surface area contributed by atoms with Gasteiger partial charge in [-0.3, -0.25) is 4.79 Å². The monoisotopic (exact) mass is 503 g/mol. The molecule has 0 fully saturated rings. The summed E-state index contributed by atoms with van der Waals surface area (Å²) in [6, 6.07) is 18.8. The number of hydrogen-bond donors (Lipinski definition) is 2. The zero-order valence-corrected chi connectivity index (χ0v) is 21.0. The van der Waals surface area contributed by atoms with E-state index in [0.29, 0.717) is 28.5 Å². The number of esters is 1. The molecule has 1 aromatic heterocycles. The molecular weight excluding hydrogens is 477 g/mol. The number of benzene rings is 3. The summed E-state index contributed by atoms with van der Waals surface area (Å²) in [4.78, 5) is 30.0. The molecule has 36 heavy (non-hydrogen) atoms. The molecule has 0 atom stereocenters. The van der Waals surface area contributed by atoms with Crippen LogP contribution in [0.15, 0.2) is 71.5 Å². The van der Waals surface area contributed by atoms with E-state index in [0.717, 1.165) is 27.6 Å². The number of aromatic amines is 1. The highest BCUT2D eigenvalue weighted by Gasteiger charge is 2.18. The molecule has 2 N–H and O–H groups in total. The summed E-state index contributed by atoms with van der Waals surface area (Å²) in [7, 11) is 1.31. The van der Waals surface area contributed by atoms with Gasteiger partial charge in [-0.05, 0) is 90.6 Å². The van der Waals surface area contributed by atoms with Crippen molar-refractivity contribution in [1.29, 1.82) is 0 Å². The molecule has 0 spiro atoms. The van der Waals surface area contributed by atoms with Crippen LogP contribution in [-0.4, -0.2) is 28.1 Å². The number of anilines is 1. The second-order valence-electron chi connectivity index (χ2n) is 8.60. The Bertz CT molecular complexity index is 1500. The first kappa shape index (κ1) is 25.1. The smallest absolute Gasteiger partial charge is 0.339 e. The molecule has 0 bridgehead atoms. The number of carbonyl (C=O) groups is 1. The molecule has 0 saturated heterocycles. The zero-order valence-electron chi connectivity index (χ0n) is 20.2. The van der Waals surface area contributed by atoms with Crippen LogP contribution in [-0.2, 0) is 17.8 Å². The van der Waals surface area contributed by atoms with Crippen LogP contribution < -0.4 is 10.9 Å². The van der Waals surface area contributed by atoms with Gasteiger partial charge in [-0.1, -0.05) is 24.3 Å². The molecule has 4 rings (SSSR count).